The lowest BCUT2D eigenvalue weighted by Gasteiger charge is -2.10. The molecule has 0 radical (unpaired) electrons. The van der Waals surface area contributed by atoms with Crippen LogP contribution in [0.15, 0.2) is 18.3 Å². The highest BCUT2D eigenvalue weighted by Crippen LogP contribution is 1.98. The lowest BCUT2D eigenvalue weighted by Crippen LogP contribution is -2.40. The van der Waals surface area contributed by atoms with Gasteiger partial charge in [0.25, 0.3) is 0 Å². The fourth-order valence-corrected chi connectivity index (χ4v) is 1.21. The largest absolute Gasteiger partial charge is 0.353 e. The molecule has 0 aromatic carbocycles. The van der Waals surface area contributed by atoms with Gasteiger partial charge in [0.1, 0.15) is 0 Å². The zero-order valence-corrected chi connectivity index (χ0v) is 8.73. The van der Waals surface area contributed by atoms with Crippen LogP contribution in [0.25, 0.3) is 0 Å². The van der Waals surface area contributed by atoms with Crippen LogP contribution in [0.2, 0.25) is 0 Å². The molecule has 1 heterocycles. The Morgan fingerprint density at radius 1 is 1.80 bits per heavy atom. The van der Waals surface area contributed by atoms with Crippen LogP contribution >= 0.6 is 0 Å². The molecule has 1 atom stereocenters. The van der Waals surface area contributed by atoms with Gasteiger partial charge < -0.3 is 15.6 Å². The molecule has 4 heteroatoms. The predicted molar refractivity (Wildman–Crippen MR) is 58.7 cm³/mol. The number of terminal acetylenes is 1. The summed E-state index contributed by atoms with van der Waals surface area (Å²) in [6, 6.07) is 3.24. The van der Waals surface area contributed by atoms with Crippen LogP contribution in [-0.2, 0) is 18.4 Å². The van der Waals surface area contributed by atoms with Gasteiger partial charge in [-0.15, -0.1) is 12.3 Å². The number of aromatic nitrogens is 1. The summed E-state index contributed by atoms with van der Waals surface area (Å²) in [7, 11) is 1.92. The summed E-state index contributed by atoms with van der Waals surface area (Å²) in [5.74, 6) is 2.15. The molecule has 0 spiro atoms. The van der Waals surface area contributed by atoms with Crippen molar-refractivity contribution in [3.8, 4) is 12.3 Å². The van der Waals surface area contributed by atoms with Gasteiger partial charge in [-0.25, -0.2) is 0 Å². The van der Waals surface area contributed by atoms with Crippen LogP contribution in [0, 0.1) is 12.3 Å². The molecule has 0 aliphatic carbocycles. The number of hydrogen-bond donors (Lipinski definition) is 2. The maximum atomic E-state index is 11.4. The number of hydrogen-bond acceptors (Lipinski definition) is 2. The Balaban J connectivity index is 2.41. The Labute approximate surface area is 89.5 Å². The van der Waals surface area contributed by atoms with Crippen molar-refractivity contribution in [2.75, 3.05) is 0 Å². The minimum atomic E-state index is -0.615. The number of carbonyl (C=O) groups excluding carboxylic acids is 1. The molecular formula is C11H15N3O. The first-order chi connectivity index (χ1) is 7.15. The molecule has 4 nitrogen and oxygen atoms in total. The highest BCUT2D eigenvalue weighted by Gasteiger charge is 2.11. The van der Waals surface area contributed by atoms with Crippen LogP contribution in [0.5, 0.6) is 0 Å². The van der Waals surface area contributed by atoms with Gasteiger partial charge in [-0.2, -0.15) is 0 Å². The number of aryl methyl sites for hydroxylation is 1. The quantitative estimate of drug-likeness (QED) is 0.679. The summed E-state index contributed by atoms with van der Waals surface area (Å²) in [5, 5.41) is 2.73. The summed E-state index contributed by atoms with van der Waals surface area (Å²) in [5.41, 5.74) is 6.57. The van der Waals surface area contributed by atoms with Crippen molar-refractivity contribution in [3.05, 3.63) is 24.0 Å². The van der Waals surface area contributed by atoms with Crippen molar-refractivity contribution in [1.29, 1.82) is 0 Å². The molecule has 0 aliphatic rings. The van der Waals surface area contributed by atoms with E-state index in [-0.39, 0.29) is 12.3 Å². The molecule has 0 aliphatic heterocycles. The van der Waals surface area contributed by atoms with E-state index in [1.54, 1.807) is 0 Å². The van der Waals surface area contributed by atoms with E-state index in [9.17, 15) is 4.79 Å². The summed E-state index contributed by atoms with van der Waals surface area (Å²) in [4.78, 5) is 11.4. The molecule has 1 unspecified atom stereocenters. The maximum Gasteiger partial charge on any atom is 0.238 e. The molecule has 3 N–H and O–H groups in total. The molecule has 0 fully saturated rings. The van der Waals surface area contributed by atoms with Gasteiger partial charge in [-0.05, 0) is 12.1 Å². The topological polar surface area (TPSA) is 60.1 Å². The average Bonchev–Trinajstić information content (AvgIpc) is 2.61. The highest BCUT2D eigenvalue weighted by molar-refractivity contribution is 5.81. The molecule has 0 bridgehead atoms. The van der Waals surface area contributed by atoms with E-state index in [2.05, 4.69) is 11.2 Å². The number of nitrogens with two attached hydrogens (primary N) is 1. The predicted octanol–water partition coefficient (Wildman–Crippen LogP) is -0.00810. The van der Waals surface area contributed by atoms with Gasteiger partial charge in [0.05, 0.1) is 12.6 Å². The third-order valence-electron chi connectivity index (χ3n) is 2.17. The number of nitrogens with one attached hydrogen (secondary N) is 1. The zero-order valence-electron chi connectivity index (χ0n) is 8.73. The smallest absolute Gasteiger partial charge is 0.238 e. The second kappa shape index (κ2) is 5.23. The highest BCUT2D eigenvalue weighted by atomic mass is 16.2. The first kappa shape index (κ1) is 11.3. The molecule has 0 saturated heterocycles. The van der Waals surface area contributed by atoms with E-state index < -0.39 is 6.04 Å². The van der Waals surface area contributed by atoms with Crippen LogP contribution in [0.3, 0.4) is 0 Å². The van der Waals surface area contributed by atoms with Crippen molar-refractivity contribution in [3.63, 3.8) is 0 Å². The van der Waals surface area contributed by atoms with Crippen LogP contribution in [0.4, 0.5) is 0 Å². The Kier molecular flexibility index (Phi) is 3.95. The molecule has 1 rings (SSSR count). The van der Waals surface area contributed by atoms with E-state index in [4.69, 9.17) is 12.2 Å². The summed E-state index contributed by atoms with van der Waals surface area (Å²) < 4.78 is 1.94. The van der Waals surface area contributed by atoms with Crippen molar-refractivity contribution < 1.29 is 4.79 Å². The number of amides is 1. The normalized spacial score (nSPS) is 11.8. The second-order valence-corrected chi connectivity index (χ2v) is 3.34. The maximum absolute atomic E-state index is 11.4. The number of carbonyl (C=O) groups is 1. The molecular weight excluding hydrogens is 190 g/mol. The monoisotopic (exact) mass is 205 g/mol. The summed E-state index contributed by atoms with van der Waals surface area (Å²) >= 11 is 0. The van der Waals surface area contributed by atoms with E-state index in [0.29, 0.717) is 6.54 Å². The second-order valence-electron chi connectivity index (χ2n) is 3.34. The minimum absolute atomic E-state index is 0.214. The van der Waals surface area contributed by atoms with Crippen LogP contribution in [0.1, 0.15) is 12.1 Å². The summed E-state index contributed by atoms with van der Waals surface area (Å²) in [6.45, 7) is 0.473. The third kappa shape index (κ3) is 3.15. The van der Waals surface area contributed by atoms with Gasteiger partial charge >= 0.3 is 0 Å². The minimum Gasteiger partial charge on any atom is -0.353 e. The first-order valence-corrected chi connectivity index (χ1v) is 4.72. The van der Waals surface area contributed by atoms with Gasteiger partial charge in [-0.1, -0.05) is 0 Å². The Bertz CT molecular complexity index is 375. The van der Waals surface area contributed by atoms with Gasteiger partial charge in [0.2, 0.25) is 5.91 Å². The lowest BCUT2D eigenvalue weighted by molar-refractivity contribution is -0.122. The fraction of sp³-hybridized carbons (Fsp3) is 0.364. The SMILES string of the molecule is C#CCC(N)C(=O)NCc1cccn1C. The fourth-order valence-electron chi connectivity index (χ4n) is 1.21. The van der Waals surface area contributed by atoms with Crippen molar-refractivity contribution >= 4 is 5.91 Å². The third-order valence-corrected chi connectivity index (χ3v) is 2.17. The number of nitrogens with zero attached hydrogens (tertiary/aromatic N) is 1. The standard InChI is InChI=1S/C11H15N3O/c1-3-5-10(12)11(15)13-8-9-6-4-7-14(9)2/h1,4,6-7,10H,5,8,12H2,2H3,(H,13,15). The van der Waals surface area contributed by atoms with E-state index >= 15 is 0 Å². The molecule has 0 saturated carbocycles. The molecule has 1 amide bonds. The van der Waals surface area contributed by atoms with Gasteiger partial charge in [-0.3, -0.25) is 4.79 Å². The van der Waals surface area contributed by atoms with E-state index in [0.717, 1.165) is 5.69 Å². The van der Waals surface area contributed by atoms with Crippen molar-refractivity contribution in [2.24, 2.45) is 12.8 Å². The zero-order chi connectivity index (χ0) is 11.3. The molecule has 15 heavy (non-hydrogen) atoms. The number of rotatable bonds is 4. The Hall–Kier alpha value is -1.73. The lowest BCUT2D eigenvalue weighted by atomic mass is 10.2. The van der Waals surface area contributed by atoms with Crippen LogP contribution < -0.4 is 11.1 Å². The molecule has 80 valence electrons. The van der Waals surface area contributed by atoms with Crippen molar-refractivity contribution in [2.45, 2.75) is 19.0 Å². The Morgan fingerprint density at radius 2 is 2.53 bits per heavy atom. The van der Waals surface area contributed by atoms with Crippen molar-refractivity contribution in [1.82, 2.24) is 9.88 Å². The average molecular weight is 205 g/mol. The molecule has 1 aromatic rings. The molecule has 1 aromatic heterocycles. The van der Waals surface area contributed by atoms with Gasteiger partial charge in [0, 0.05) is 25.4 Å². The van der Waals surface area contributed by atoms with Gasteiger partial charge in [0.15, 0.2) is 0 Å². The summed E-state index contributed by atoms with van der Waals surface area (Å²) in [6.07, 6.45) is 7.25. The first-order valence-electron chi connectivity index (χ1n) is 4.72. The van der Waals surface area contributed by atoms with Crippen LogP contribution in [-0.4, -0.2) is 16.5 Å². The Morgan fingerprint density at radius 3 is 3.07 bits per heavy atom. The van der Waals surface area contributed by atoms with E-state index in [1.165, 1.54) is 0 Å². The van der Waals surface area contributed by atoms with E-state index in [1.807, 2.05) is 29.9 Å².